The van der Waals surface area contributed by atoms with E-state index in [-0.39, 0.29) is 5.82 Å². The molecule has 0 radical (unpaired) electrons. The summed E-state index contributed by atoms with van der Waals surface area (Å²) in [5.74, 6) is -0.247. The van der Waals surface area contributed by atoms with Crippen LogP contribution in [0, 0.1) is 5.82 Å². The predicted octanol–water partition coefficient (Wildman–Crippen LogP) is 3.93. The minimum absolute atomic E-state index is 0.247. The van der Waals surface area contributed by atoms with Crippen LogP contribution >= 0.6 is 0 Å². The van der Waals surface area contributed by atoms with Gasteiger partial charge in [-0.15, -0.1) is 0 Å². The van der Waals surface area contributed by atoms with E-state index in [1.807, 2.05) is 37.4 Å². The van der Waals surface area contributed by atoms with Crippen molar-refractivity contribution in [1.82, 2.24) is 0 Å². The molecule has 2 aromatic rings. The molecule has 0 fully saturated rings. The lowest BCUT2D eigenvalue weighted by Gasteiger charge is -2.12. The van der Waals surface area contributed by atoms with Crippen LogP contribution in [0.1, 0.15) is 11.1 Å². The second kappa shape index (κ2) is 4.83. The molecule has 17 heavy (non-hydrogen) atoms. The van der Waals surface area contributed by atoms with E-state index >= 15 is 0 Å². The highest BCUT2D eigenvalue weighted by molar-refractivity contribution is 5.84. The van der Waals surface area contributed by atoms with Gasteiger partial charge in [0, 0.05) is 23.9 Å². The van der Waals surface area contributed by atoms with Gasteiger partial charge in [-0.2, -0.15) is 0 Å². The minimum Gasteiger partial charge on any atom is -0.388 e. The maximum Gasteiger partial charge on any atom is 0.131 e. The summed E-state index contributed by atoms with van der Waals surface area (Å²) in [4.78, 5) is 0. The molecule has 2 rings (SSSR count). The number of nitrogens with one attached hydrogen (secondary N) is 1. The van der Waals surface area contributed by atoms with Gasteiger partial charge in [0.05, 0.1) is 0 Å². The Hall–Kier alpha value is -2.09. The standard InChI is InChI=1S/C15H14FN/c1-11(12-7-3-5-9-14(12)16)13-8-4-6-10-15(13)17-2/h3-10,17H,1H2,2H3. The number of hydrogen-bond acceptors (Lipinski definition) is 1. The quantitative estimate of drug-likeness (QED) is 0.837. The highest BCUT2D eigenvalue weighted by Crippen LogP contribution is 2.28. The van der Waals surface area contributed by atoms with Gasteiger partial charge in [0.2, 0.25) is 0 Å². The lowest BCUT2D eigenvalue weighted by atomic mass is 9.97. The molecule has 0 heterocycles. The Morgan fingerprint density at radius 2 is 1.59 bits per heavy atom. The number of anilines is 1. The van der Waals surface area contributed by atoms with E-state index in [2.05, 4.69) is 11.9 Å². The summed E-state index contributed by atoms with van der Waals surface area (Å²) in [6.45, 7) is 3.98. The first-order chi connectivity index (χ1) is 8.24. The van der Waals surface area contributed by atoms with Crippen molar-refractivity contribution in [1.29, 1.82) is 0 Å². The number of benzene rings is 2. The van der Waals surface area contributed by atoms with E-state index in [4.69, 9.17) is 0 Å². The SMILES string of the molecule is C=C(c1ccccc1F)c1ccccc1NC. The second-order valence-corrected chi connectivity index (χ2v) is 3.75. The monoisotopic (exact) mass is 227 g/mol. The Labute approximate surface area is 101 Å². The fourth-order valence-electron chi connectivity index (χ4n) is 1.82. The van der Waals surface area contributed by atoms with E-state index in [1.54, 1.807) is 12.1 Å². The molecule has 0 aliphatic rings. The average Bonchev–Trinajstić information content (AvgIpc) is 2.38. The summed E-state index contributed by atoms with van der Waals surface area (Å²) in [6.07, 6.45) is 0. The van der Waals surface area contributed by atoms with Crippen molar-refractivity contribution in [2.75, 3.05) is 12.4 Å². The Morgan fingerprint density at radius 1 is 1.00 bits per heavy atom. The lowest BCUT2D eigenvalue weighted by Crippen LogP contribution is -1.96. The van der Waals surface area contributed by atoms with Gasteiger partial charge < -0.3 is 5.32 Å². The normalized spacial score (nSPS) is 10.0. The van der Waals surface area contributed by atoms with Crippen molar-refractivity contribution in [3.8, 4) is 0 Å². The van der Waals surface area contributed by atoms with Crippen LogP contribution in [-0.4, -0.2) is 7.05 Å². The zero-order valence-corrected chi connectivity index (χ0v) is 9.70. The molecule has 0 bridgehead atoms. The van der Waals surface area contributed by atoms with E-state index in [0.29, 0.717) is 11.1 Å². The molecule has 0 saturated heterocycles. The van der Waals surface area contributed by atoms with Crippen LogP contribution in [0.2, 0.25) is 0 Å². The number of halogens is 1. The van der Waals surface area contributed by atoms with Gasteiger partial charge in [-0.25, -0.2) is 4.39 Å². The Bertz CT molecular complexity index is 546. The molecule has 2 aromatic carbocycles. The van der Waals surface area contributed by atoms with Crippen LogP contribution < -0.4 is 5.32 Å². The van der Waals surface area contributed by atoms with Crippen molar-refractivity contribution in [3.05, 3.63) is 72.1 Å². The lowest BCUT2D eigenvalue weighted by molar-refractivity contribution is 0.624. The molecule has 0 aromatic heterocycles. The van der Waals surface area contributed by atoms with Crippen LogP contribution in [0.3, 0.4) is 0 Å². The van der Waals surface area contributed by atoms with Gasteiger partial charge in [-0.3, -0.25) is 0 Å². The van der Waals surface area contributed by atoms with Gasteiger partial charge in [-0.1, -0.05) is 43.0 Å². The van der Waals surface area contributed by atoms with E-state index in [9.17, 15) is 4.39 Å². The molecular weight excluding hydrogens is 213 g/mol. The zero-order chi connectivity index (χ0) is 12.3. The maximum absolute atomic E-state index is 13.7. The van der Waals surface area contributed by atoms with Crippen LogP contribution in [0.15, 0.2) is 55.1 Å². The summed E-state index contributed by atoms with van der Waals surface area (Å²) in [5.41, 5.74) is 3.09. The van der Waals surface area contributed by atoms with Gasteiger partial charge in [0.15, 0.2) is 0 Å². The largest absolute Gasteiger partial charge is 0.388 e. The van der Waals surface area contributed by atoms with Crippen LogP contribution in [0.4, 0.5) is 10.1 Å². The highest BCUT2D eigenvalue weighted by atomic mass is 19.1. The molecule has 0 aliphatic heterocycles. The molecule has 0 amide bonds. The smallest absolute Gasteiger partial charge is 0.131 e. The summed E-state index contributed by atoms with van der Waals surface area (Å²) in [7, 11) is 1.84. The third-order valence-electron chi connectivity index (χ3n) is 2.72. The fourth-order valence-corrected chi connectivity index (χ4v) is 1.82. The van der Waals surface area contributed by atoms with Crippen LogP contribution in [0.5, 0.6) is 0 Å². The van der Waals surface area contributed by atoms with Crippen molar-refractivity contribution >= 4 is 11.3 Å². The van der Waals surface area contributed by atoms with E-state index < -0.39 is 0 Å². The predicted molar refractivity (Wildman–Crippen MR) is 70.5 cm³/mol. The molecule has 1 nitrogen and oxygen atoms in total. The molecule has 0 aliphatic carbocycles. The van der Waals surface area contributed by atoms with Gasteiger partial charge in [0.25, 0.3) is 0 Å². The van der Waals surface area contributed by atoms with Gasteiger partial charge in [0.1, 0.15) is 5.82 Å². The van der Waals surface area contributed by atoms with Crippen molar-refractivity contribution in [2.24, 2.45) is 0 Å². The van der Waals surface area contributed by atoms with Crippen molar-refractivity contribution in [2.45, 2.75) is 0 Å². The maximum atomic E-state index is 13.7. The Morgan fingerprint density at radius 3 is 2.24 bits per heavy atom. The van der Waals surface area contributed by atoms with E-state index in [1.165, 1.54) is 6.07 Å². The zero-order valence-electron chi connectivity index (χ0n) is 9.70. The van der Waals surface area contributed by atoms with Gasteiger partial charge >= 0.3 is 0 Å². The third kappa shape index (κ3) is 2.21. The molecule has 0 spiro atoms. The van der Waals surface area contributed by atoms with Crippen LogP contribution in [-0.2, 0) is 0 Å². The molecule has 86 valence electrons. The number of hydrogen-bond donors (Lipinski definition) is 1. The van der Waals surface area contributed by atoms with Crippen molar-refractivity contribution in [3.63, 3.8) is 0 Å². The first-order valence-corrected chi connectivity index (χ1v) is 5.45. The molecule has 0 saturated carbocycles. The first kappa shape index (κ1) is 11.4. The summed E-state index contributed by atoms with van der Waals surface area (Å²) >= 11 is 0. The molecule has 1 N–H and O–H groups in total. The fraction of sp³-hybridized carbons (Fsp3) is 0.0667. The number of rotatable bonds is 3. The summed E-state index contributed by atoms with van der Waals surface area (Å²) in [6, 6.07) is 14.4. The van der Waals surface area contributed by atoms with E-state index in [0.717, 1.165) is 11.3 Å². The average molecular weight is 227 g/mol. The number of para-hydroxylation sites is 1. The Kier molecular flexibility index (Phi) is 3.24. The van der Waals surface area contributed by atoms with Crippen LogP contribution in [0.25, 0.3) is 5.57 Å². The first-order valence-electron chi connectivity index (χ1n) is 5.45. The van der Waals surface area contributed by atoms with Gasteiger partial charge in [-0.05, 0) is 17.7 Å². The highest BCUT2D eigenvalue weighted by Gasteiger charge is 2.09. The third-order valence-corrected chi connectivity index (χ3v) is 2.72. The van der Waals surface area contributed by atoms with Crippen molar-refractivity contribution < 1.29 is 4.39 Å². The molecular formula is C15H14FN. The topological polar surface area (TPSA) is 12.0 Å². The molecule has 0 unspecified atom stereocenters. The summed E-state index contributed by atoms with van der Waals surface area (Å²) < 4.78 is 13.7. The second-order valence-electron chi connectivity index (χ2n) is 3.75. The minimum atomic E-state index is -0.247. The molecule has 2 heteroatoms. The summed E-state index contributed by atoms with van der Waals surface area (Å²) in [5, 5.41) is 3.08. The molecule has 0 atom stereocenters. The Balaban J connectivity index is 2.48.